The van der Waals surface area contributed by atoms with Crippen LogP contribution in [0.25, 0.3) is 0 Å². The Morgan fingerprint density at radius 1 is 1.41 bits per heavy atom. The number of nitrogens with one attached hydrogen (secondary N) is 1. The molecule has 1 unspecified atom stereocenters. The maximum atomic E-state index is 12.2. The second kappa shape index (κ2) is 7.75. The number of hydrogen-bond donors (Lipinski definition) is 2. The average Bonchev–Trinajstić information content (AvgIpc) is 2.89. The summed E-state index contributed by atoms with van der Waals surface area (Å²) in [4.78, 5) is 13.7. The third kappa shape index (κ3) is 6.17. The third-order valence-corrected chi connectivity index (χ3v) is 4.05. The zero-order valence-electron chi connectivity index (χ0n) is 13.5. The van der Waals surface area contributed by atoms with E-state index in [1.165, 1.54) is 0 Å². The predicted molar refractivity (Wildman–Crippen MR) is 84.8 cm³/mol. The first-order valence-corrected chi connectivity index (χ1v) is 9.03. The van der Waals surface area contributed by atoms with Crippen LogP contribution in [-0.2, 0) is 16.6 Å². The number of sulfonamides is 1. The Balaban J connectivity index is 2.56. The van der Waals surface area contributed by atoms with Crippen LogP contribution in [0.2, 0.25) is 0 Å². The normalized spacial score (nSPS) is 13.4. The lowest BCUT2D eigenvalue weighted by Crippen LogP contribution is -2.34. The summed E-state index contributed by atoms with van der Waals surface area (Å²) < 4.78 is 29.7. The van der Waals surface area contributed by atoms with Crippen molar-refractivity contribution in [2.75, 3.05) is 19.8 Å². The molecule has 1 amide bonds. The number of furan rings is 1. The number of rotatable bonds is 8. The van der Waals surface area contributed by atoms with Gasteiger partial charge < -0.3 is 15.1 Å². The van der Waals surface area contributed by atoms with E-state index in [0.29, 0.717) is 24.6 Å². The molecule has 0 aliphatic carbocycles. The molecule has 1 atom stereocenters. The minimum absolute atomic E-state index is 0.0219. The summed E-state index contributed by atoms with van der Waals surface area (Å²) in [5.41, 5.74) is 5.96. The maximum absolute atomic E-state index is 12.2. The molecule has 0 spiro atoms. The molecule has 0 aromatic carbocycles. The van der Waals surface area contributed by atoms with Crippen molar-refractivity contribution in [2.45, 2.75) is 32.9 Å². The first kappa shape index (κ1) is 18.7. The lowest BCUT2D eigenvalue weighted by Gasteiger charge is -2.20. The molecule has 0 radical (unpaired) electrons. The fourth-order valence-electron chi connectivity index (χ4n) is 1.76. The summed E-state index contributed by atoms with van der Waals surface area (Å²) >= 11 is 0. The zero-order chi connectivity index (χ0) is 16.9. The number of carbonyl (C=O) groups is 1. The summed E-state index contributed by atoms with van der Waals surface area (Å²) in [7, 11) is -1.61. The Morgan fingerprint density at radius 3 is 2.59 bits per heavy atom. The second-order valence-electron chi connectivity index (χ2n) is 5.78. The molecule has 1 aromatic heterocycles. The number of nitrogens with zero attached hydrogens (tertiary/aromatic N) is 1. The van der Waals surface area contributed by atoms with Gasteiger partial charge in [0, 0.05) is 19.6 Å². The van der Waals surface area contributed by atoms with Crippen molar-refractivity contribution >= 4 is 15.9 Å². The third-order valence-electron chi connectivity index (χ3n) is 3.38. The molecule has 8 heteroatoms. The van der Waals surface area contributed by atoms with Crippen molar-refractivity contribution in [1.82, 2.24) is 9.62 Å². The largest absolute Gasteiger partial charge is 0.455 e. The van der Waals surface area contributed by atoms with Crippen LogP contribution >= 0.6 is 0 Å². The van der Waals surface area contributed by atoms with Crippen LogP contribution in [0, 0.1) is 5.92 Å². The van der Waals surface area contributed by atoms with E-state index in [-0.39, 0.29) is 24.3 Å². The van der Waals surface area contributed by atoms with E-state index in [1.807, 2.05) is 13.8 Å². The second-order valence-corrected chi connectivity index (χ2v) is 7.62. The number of carbonyl (C=O) groups excluding carboxylic acids is 1. The Labute approximate surface area is 131 Å². The lowest BCUT2D eigenvalue weighted by atomic mass is 10.0. The highest BCUT2D eigenvalue weighted by molar-refractivity contribution is 7.88. The average molecular weight is 331 g/mol. The van der Waals surface area contributed by atoms with Gasteiger partial charge in [0.05, 0.1) is 12.8 Å². The molecule has 126 valence electrons. The number of hydrogen-bond acceptors (Lipinski definition) is 5. The van der Waals surface area contributed by atoms with Crippen LogP contribution in [0.4, 0.5) is 0 Å². The lowest BCUT2D eigenvalue weighted by molar-refractivity contribution is 0.0755. The van der Waals surface area contributed by atoms with Gasteiger partial charge in [0.15, 0.2) is 5.76 Å². The Morgan fingerprint density at radius 2 is 2.05 bits per heavy atom. The van der Waals surface area contributed by atoms with E-state index < -0.39 is 10.0 Å². The molecule has 0 saturated heterocycles. The topological polar surface area (TPSA) is 106 Å². The van der Waals surface area contributed by atoms with Crippen molar-refractivity contribution in [3.63, 3.8) is 0 Å². The smallest absolute Gasteiger partial charge is 0.289 e. The standard InChI is InChI=1S/C14H25N3O4S/c1-10(2)12(15)7-8-17(3)14(18)13-6-5-11(21-13)9-16-22(4,19)20/h5-6,10,12,16H,7-9,15H2,1-4H3. The van der Waals surface area contributed by atoms with Crippen LogP contribution in [0.5, 0.6) is 0 Å². The van der Waals surface area contributed by atoms with Crippen molar-refractivity contribution in [1.29, 1.82) is 0 Å². The molecule has 1 rings (SSSR count). The highest BCUT2D eigenvalue weighted by Crippen LogP contribution is 2.11. The molecule has 0 aliphatic rings. The fourth-order valence-corrected chi connectivity index (χ4v) is 2.16. The molecule has 7 nitrogen and oxygen atoms in total. The zero-order valence-corrected chi connectivity index (χ0v) is 14.3. The SMILES string of the molecule is CC(C)C(N)CCN(C)C(=O)c1ccc(CNS(C)(=O)=O)o1. The van der Waals surface area contributed by atoms with Gasteiger partial charge >= 0.3 is 0 Å². The van der Waals surface area contributed by atoms with Gasteiger partial charge in [0.25, 0.3) is 5.91 Å². The van der Waals surface area contributed by atoms with Gasteiger partial charge in [0.2, 0.25) is 10.0 Å². The predicted octanol–water partition coefficient (Wildman–Crippen LogP) is 0.774. The molecule has 22 heavy (non-hydrogen) atoms. The first-order valence-electron chi connectivity index (χ1n) is 7.14. The summed E-state index contributed by atoms with van der Waals surface area (Å²) in [5.74, 6) is 0.689. The Kier molecular flexibility index (Phi) is 6.58. The van der Waals surface area contributed by atoms with E-state index in [0.717, 1.165) is 6.26 Å². The maximum Gasteiger partial charge on any atom is 0.289 e. The highest BCUT2D eigenvalue weighted by Gasteiger charge is 2.18. The number of amides is 1. The van der Waals surface area contributed by atoms with Crippen LogP contribution in [0.15, 0.2) is 16.5 Å². The van der Waals surface area contributed by atoms with Crippen molar-refractivity contribution in [3.8, 4) is 0 Å². The molecule has 0 aliphatic heterocycles. The minimum Gasteiger partial charge on any atom is -0.455 e. The monoisotopic (exact) mass is 331 g/mol. The quantitative estimate of drug-likeness (QED) is 0.732. The Hall–Kier alpha value is -1.38. The van der Waals surface area contributed by atoms with Crippen molar-refractivity contribution < 1.29 is 17.6 Å². The number of nitrogens with two attached hydrogens (primary N) is 1. The molecule has 0 bridgehead atoms. The molecule has 0 fully saturated rings. The summed E-state index contributed by atoms with van der Waals surface area (Å²) in [6.45, 7) is 4.64. The first-order chi connectivity index (χ1) is 10.1. The van der Waals surface area contributed by atoms with Gasteiger partial charge in [-0.05, 0) is 24.5 Å². The van der Waals surface area contributed by atoms with Crippen molar-refractivity contribution in [3.05, 3.63) is 23.7 Å². The molecule has 1 aromatic rings. The van der Waals surface area contributed by atoms with Crippen LogP contribution < -0.4 is 10.5 Å². The van der Waals surface area contributed by atoms with Crippen LogP contribution in [0.3, 0.4) is 0 Å². The Bertz CT molecular complexity index is 595. The molecule has 1 heterocycles. The van der Waals surface area contributed by atoms with Gasteiger partial charge in [0.1, 0.15) is 5.76 Å². The molecular formula is C14H25N3O4S. The van der Waals surface area contributed by atoms with Crippen LogP contribution in [0.1, 0.15) is 36.6 Å². The van der Waals surface area contributed by atoms with Crippen molar-refractivity contribution in [2.24, 2.45) is 11.7 Å². The van der Waals surface area contributed by atoms with Gasteiger partial charge in [-0.2, -0.15) is 0 Å². The minimum atomic E-state index is -3.30. The summed E-state index contributed by atoms with van der Waals surface area (Å²) in [5, 5.41) is 0. The van der Waals surface area contributed by atoms with Gasteiger partial charge in [-0.3, -0.25) is 4.79 Å². The van der Waals surface area contributed by atoms with E-state index in [9.17, 15) is 13.2 Å². The molecular weight excluding hydrogens is 306 g/mol. The van der Waals surface area contributed by atoms with Gasteiger partial charge in [-0.25, -0.2) is 13.1 Å². The van der Waals surface area contributed by atoms with Gasteiger partial charge in [-0.15, -0.1) is 0 Å². The van der Waals surface area contributed by atoms with E-state index in [1.54, 1.807) is 24.1 Å². The van der Waals surface area contributed by atoms with Gasteiger partial charge in [-0.1, -0.05) is 13.8 Å². The molecule has 0 saturated carbocycles. The fraction of sp³-hybridized carbons (Fsp3) is 0.643. The summed E-state index contributed by atoms with van der Waals surface area (Å²) in [6, 6.07) is 3.17. The van der Waals surface area contributed by atoms with E-state index >= 15 is 0 Å². The van der Waals surface area contributed by atoms with Crippen LogP contribution in [-0.4, -0.2) is 45.1 Å². The summed E-state index contributed by atoms with van der Waals surface area (Å²) in [6.07, 6.45) is 1.77. The van der Waals surface area contributed by atoms with E-state index in [4.69, 9.17) is 10.2 Å². The van der Waals surface area contributed by atoms with E-state index in [2.05, 4.69) is 4.72 Å². The highest BCUT2D eigenvalue weighted by atomic mass is 32.2. The molecule has 3 N–H and O–H groups in total.